The molecule has 0 amide bonds. The van der Waals surface area contributed by atoms with Crippen LogP contribution >= 0.6 is 22.9 Å². The van der Waals surface area contributed by atoms with Crippen LogP contribution in [0.25, 0.3) is 10.2 Å². The molecule has 12 heavy (non-hydrogen) atoms. The minimum absolute atomic E-state index is 0.309. The summed E-state index contributed by atoms with van der Waals surface area (Å²) in [5.74, 6) is 0. The molecule has 2 aromatic rings. The van der Waals surface area contributed by atoms with Crippen molar-refractivity contribution >= 4 is 38.3 Å². The third kappa shape index (κ3) is 1.02. The van der Waals surface area contributed by atoms with E-state index in [1.165, 1.54) is 11.3 Å². The average molecular weight is 201 g/mol. The van der Waals surface area contributed by atoms with E-state index in [-0.39, 0.29) is 0 Å². The lowest BCUT2D eigenvalue weighted by atomic mass is 10.4. The molecule has 0 fully saturated rings. The Kier molecular flexibility index (Phi) is 1.62. The van der Waals surface area contributed by atoms with Gasteiger partial charge in [0.1, 0.15) is 5.52 Å². The molecule has 2 heterocycles. The number of nitrogens with zero attached hydrogens (tertiary/aromatic N) is 3. The van der Waals surface area contributed by atoms with Gasteiger partial charge in [-0.1, -0.05) is 22.9 Å². The maximum Gasteiger partial charge on any atom is 0.181 e. The second kappa shape index (κ2) is 2.53. The molecule has 0 aliphatic heterocycles. The van der Waals surface area contributed by atoms with Crippen LogP contribution in [-0.4, -0.2) is 15.2 Å². The second-order valence-corrected chi connectivity index (χ2v) is 3.69. The Hall–Kier alpha value is -0.940. The van der Waals surface area contributed by atoms with Gasteiger partial charge in [-0.25, -0.2) is 4.98 Å². The summed E-state index contributed by atoms with van der Waals surface area (Å²) in [5.41, 5.74) is 6.98. The summed E-state index contributed by atoms with van der Waals surface area (Å²) in [5, 5.41) is 8.38. The van der Waals surface area contributed by atoms with Crippen molar-refractivity contribution in [2.45, 2.75) is 6.92 Å². The monoisotopic (exact) mass is 200 g/mol. The fraction of sp³-hybridized carbons (Fsp3) is 0.167. The van der Waals surface area contributed by atoms with Crippen LogP contribution in [-0.2, 0) is 0 Å². The topological polar surface area (TPSA) is 64.7 Å². The lowest BCUT2D eigenvalue weighted by Gasteiger charge is -1.91. The smallest absolute Gasteiger partial charge is 0.181 e. The highest BCUT2D eigenvalue weighted by atomic mass is 35.5. The van der Waals surface area contributed by atoms with Crippen molar-refractivity contribution in [1.82, 2.24) is 15.2 Å². The third-order valence-corrected chi connectivity index (χ3v) is 2.70. The fourth-order valence-corrected chi connectivity index (χ4v) is 1.94. The van der Waals surface area contributed by atoms with E-state index >= 15 is 0 Å². The summed E-state index contributed by atoms with van der Waals surface area (Å²) in [6.07, 6.45) is 0. The van der Waals surface area contributed by atoms with Gasteiger partial charge in [0, 0.05) is 0 Å². The molecule has 4 nitrogen and oxygen atoms in total. The van der Waals surface area contributed by atoms with Crippen molar-refractivity contribution in [2.24, 2.45) is 0 Å². The summed E-state index contributed by atoms with van der Waals surface area (Å²) in [7, 11) is 0. The van der Waals surface area contributed by atoms with Crippen LogP contribution in [0.3, 0.4) is 0 Å². The summed E-state index contributed by atoms with van der Waals surface area (Å²) >= 11 is 7.13. The van der Waals surface area contributed by atoms with Gasteiger partial charge >= 0.3 is 0 Å². The van der Waals surface area contributed by atoms with Crippen LogP contribution in [0.1, 0.15) is 5.69 Å². The van der Waals surface area contributed by atoms with Gasteiger partial charge < -0.3 is 5.73 Å². The Morgan fingerprint density at radius 2 is 2.17 bits per heavy atom. The SMILES string of the molecule is Cc1nnc(Cl)c2nc(N)sc12. The third-order valence-electron chi connectivity index (χ3n) is 1.46. The minimum Gasteiger partial charge on any atom is -0.375 e. The number of aryl methyl sites for hydroxylation is 1. The van der Waals surface area contributed by atoms with E-state index in [1.807, 2.05) is 6.92 Å². The van der Waals surface area contributed by atoms with Crippen LogP contribution < -0.4 is 5.73 Å². The maximum atomic E-state index is 5.76. The average Bonchev–Trinajstić information content (AvgIpc) is 2.41. The number of nitrogen functional groups attached to an aromatic ring is 1. The zero-order valence-electron chi connectivity index (χ0n) is 6.21. The van der Waals surface area contributed by atoms with E-state index in [0.29, 0.717) is 15.8 Å². The Morgan fingerprint density at radius 3 is 2.83 bits per heavy atom. The first-order valence-electron chi connectivity index (χ1n) is 3.23. The summed E-state index contributed by atoms with van der Waals surface area (Å²) in [6.45, 7) is 1.85. The van der Waals surface area contributed by atoms with E-state index in [9.17, 15) is 0 Å². The standard InChI is InChI=1S/C6H5ClN4S/c1-2-4-3(5(7)11-10-2)9-6(8)12-4/h1H3,(H2,8,9). The molecule has 2 rings (SSSR count). The molecule has 0 bridgehead atoms. The van der Waals surface area contributed by atoms with Gasteiger partial charge in [0.25, 0.3) is 0 Å². The van der Waals surface area contributed by atoms with Gasteiger partial charge in [-0.15, -0.1) is 5.10 Å². The van der Waals surface area contributed by atoms with Crippen molar-refractivity contribution in [1.29, 1.82) is 0 Å². The fourth-order valence-electron chi connectivity index (χ4n) is 0.933. The molecule has 0 saturated heterocycles. The molecular weight excluding hydrogens is 196 g/mol. The number of hydrogen-bond donors (Lipinski definition) is 1. The molecule has 0 aliphatic carbocycles. The minimum atomic E-state index is 0.309. The predicted molar refractivity (Wildman–Crippen MR) is 49.4 cm³/mol. The molecule has 2 aromatic heterocycles. The van der Waals surface area contributed by atoms with Gasteiger partial charge in [0.15, 0.2) is 10.3 Å². The number of fused-ring (bicyclic) bond motifs is 1. The molecule has 0 radical (unpaired) electrons. The van der Waals surface area contributed by atoms with E-state index in [2.05, 4.69) is 15.2 Å². The lowest BCUT2D eigenvalue weighted by molar-refractivity contribution is 1.00. The molecule has 0 spiro atoms. The molecule has 0 atom stereocenters. The van der Waals surface area contributed by atoms with Crippen LogP contribution in [0.5, 0.6) is 0 Å². The Balaban J connectivity index is 2.93. The molecule has 0 aromatic carbocycles. The van der Waals surface area contributed by atoms with Crippen LogP contribution in [0.4, 0.5) is 5.13 Å². The Bertz CT molecular complexity index is 399. The molecule has 6 heteroatoms. The molecular formula is C6H5ClN4S. The van der Waals surface area contributed by atoms with Crippen molar-refractivity contribution in [3.63, 3.8) is 0 Å². The van der Waals surface area contributed by atoms with Crippen LogP contribution in [0.15, 0.2) is 0 Å². The number of aromatic nitrogens is 3. The van der Waals surface area contributed by atoms with Crippen molar-refractivity contribution < 1.29 is 0 Å². The zero-order chi connectivity index (χ0) is 8.72. The largest absolute Gasteiger partial charge is 0.375 e. The van der Waals surface area contributed by atoms with Crippen LogP contribution in [0.2, 0.25) is 5.15 Å². The number of anilines is 1. The van der Waals surface area contributed by atoms with E-state index in [1.54, 1.807) is 0 Å². The van der Waals surface area contributed by atoms with Crippen molar-refractivity contribution in [3.05, 3.63) is 10.8 Å². The normalized spacial score (nSPS) is 10.8. The van der Waals surface area contributed by atoms with Crippen molar-refractivity contribution in [2.75, 3.05) is 5.73 Å². The van der Waals surface area contributed by atoms with Gasteiger partial charge in [0.05, 0.1) is 10.4 Å². The Morgan fingerprint density at radius 1 is 1.42 bits per heavy atom. The summed E-state index contributed by atoms with van der Waals surface area (Å²) in [6, 6.07) is 0. The van der Waals surface area contributed by atoms with Gasteiger partial charge in [-0.05, 0) is 6.92 Å². The summed E-state index contributed by atoms with van der Waals surface area (Å²) < 4.78 is 0.910. The highest BCUT2D eigenvalue weighted by molar-refractivity contribution is 7.22. The molecule has 0 saturated carbocycles. The maximum absolute atomic E-state index is 5.76. The highest BCUT2D eigenvalue weighted by Crippen LogP contribution is 2.28. The highest BCUT2D eigenvalue weighted by Gasteiger charge is 2.09. The molecule has 0 unspecified atom stereocenters. The zero-order valence-corrected chi connectivity index (χ0v) is 7.78. The van der Waals surface area contributed by atoms with E-state index < -0.39 is 0 Å². The number of nitrogens with two attached hydrogens (primary N) is 1. The number of hydrogen-bond acceptors (Lipinski definition) is 5. The first kappa shape index (κ1) is 7.70. The quantitative estimate of drug-likeness (QED) is 0.702. The Labute approximate surface area is 77.4 Å². The van der Waals surface area contributed by atoms with Gasteiger partial charge in [0.2, 0.25) is 0 Å². The number of halogens is 1. The van der Waals surface area contributed by atoms with Crippen LogP contribution in [0, 0.1) is 6.92 Å². The molecule has 62 valence electrons. The van der Waals surface area contributed by atoms with E-state index in [0.717, 1.165) is 10.4 Å². The van der Waals surface area contributed by atoms with Gasteiger partial charge in [-0.2, -0.15) is 5.10 Å². The van der Waals surface area contributed by atoms with E-state index in [4.69, 9.17) is 17.3 Å². The number of rotatable bonds is 0. The second-order valence-electron chi connectivity index (χ2n) is 2.31. The lowest BCUT2D eigenvalue weighted by Crippen LogP contribution is -1.87. The molecule has 0 aliphatic rings. The predicted octanol–water partition coefficient (Wildman–Crippen LogP) is 1.63. The molecule has 2 N–H and O–H groups in total. The number of thiazole rings is 1. The first-order valence-corrected chi connectivity index (χ1v) is 4.42. The first-order chi connectivity index (χ1) is 5.68. The van der Waals surface area contributed by atoms with Crippen molar-refractivity contribution in [3.8, 4) is 0 Å². The van der Waals surface area contributed by atoms with Gasteiger partial charge in [-0.3, -0.25) is 0 Å². The summed E-state index contributed by atoms with van der Waals surface area (Å²) in [4.78, 5) is 4.04.